The van der Waals surface area contributed by atoms with E-state index >= 15 is 0 Å². The number of carbonyl (C=O) groups is 2. The van der Waals surface area contributed by atoms with E-state index in [0.717, 1.165) is 70.9 Å². The summed E-state index contributed by atoms with van der Waals surface area (Å²) in [5, 5.41) is 12.6. The molecule has 40 heavy (non-hydrogen) atoms. The Morgan fingerprint density at radius 1 is 0.825 bits per heavy atom. The van der Waals surface area contributed by atoms with Gasteiger partial charge in [0.15, 0.2) is 0 Å². The third-order valence-electron chi connectivity index (χ3n) is 8.99. The number of amides is 2. The monoisotopic (exact) mass is 554 g/mol. The van der Waals surface area contributed by atoms with Gasteiger partial charge in [-0.05, 0) is 111 Å². The highest BCUT2D eigenvalue weighted by Crippen LogP contribution is 2.55. The van der Waals surface area contributed by atoms with Crippen molar-refractivity contribution in [1.29, 1.82) is 0 Å². The lowest BCUT2D eigenvalue weighted by molar-refractivity contribution is -0.136. The van der Waals surface area contributed by atoms with Crippen molar-refractivity contribution >= 4 is 29.4 Å². The van der Waals surface area contributed by atoms with Crippen molar-refractivity contribution in [2.75, 3.05) is 11.4 Å². The van der Waals surface area contributed by atoms with E-state index in [9.17, 15) is 9.59 Å². The first-order valence-corrected chi connectivity index (χ1v) is 15.5. The molecule has 6 heteroatoms. The van der Waals surface area contributed by atoms with Gasteiger partial charge in [0.2, 0.25) is 0 Å². The zero-order chi connectivity index (χ0) is 27.5. The van der Waals surface area contributed by atoms with E-state index in [4.69, 9.17) is 5.11 Å². The molecule has 0 unspecified atom stereocenters. The first kappa shape index (κ1) is 26.9. The molecule has 0 aliphatic heterocycles. The van der Waals surface area contributed by atoms with Crippen LogP contribution in [0.1, 0.15) is 56.1 Å². The molecule has 0 aromatic heterocycles. The number of aryl methyl sites for hydroxylation is 1. The molecule has 0 saturated heterocycles. The van der Waals surface area contributed by atoms with Crippen molar-refractivity contribution in [2.24, 2.45) is 17.8 Å². The van der Waals surface area contributed by atoms with Gasteiger partial charge in [0, 0.05) is 27.6 Å². The number of carbonyl (C=O) groups excluding carboxylic acids is 1. The molecule has 4 aliphatic rings. The molecule has 4 saturated carbocycles. The molecule has 3 aromatic carbocycles. The zero-order valence-corrected chi connectivity index (χ0v) is 23.7. The van der Waals surface area contributed by atoms with E-state index in [1.807, 2.05) is 47.4 Å². The van der Waals surface area contributed by atoms with E-state index in [0.29, 0.717) is 6.54 Å². The van der Waals surface area contributed by atoms with E-state index < -0.39 is 5.97 Å². The van der Waals surface area contributed by atoms with Crippen molar-refractivity contribution in [3.63, 3.8) is 0 Å². The second kappa shape index (κ2) is 11.7. The fourth-order valence-electron chi connectivity index (χ4n) is 7.69. The van der Waals surface area contributed by atoms with Gasteiger partial charge in [0.1, 0.15) is 0 Å². The third-order valence-corrected chi connectivity index (χ3v) is 9.99. The number of benzene rings is 3. The number of carboxylic acids is 1. The number of nitrogens with one attached hydrogen (secondary N) is 1. The average Bonchev–Trinajstić information content (AvgIpc) is 2.91. The average molecular weight is 555 g/mol. The number of hydrogen-bond acceptors (Lipinski definition) is 3. The minimum Gasteiger partial charge on any atom is -0.481 e. The summed E-state index contributed by atoms with van der Waals surface area (Å²) in [4.78, 5) is 29.1. The summed E-state index contributed by atoms with van der Waals surface area (Å²) in [6, 6.07) is 26.4. The summed E-state index contributed by atoms with van der Waals surface area (Å²) in [5.74, 6) is 1.51. The molecular weight excluding hydrogens is 516 g/mol. The van der Waals surface area contributed by atoms with Gasteiger partial charge >= 0.3 is 12.0 Å². The SMILES string of the molecule is O=C(O)Cc1ccc(Sc2cccc(N(CCCc3ccccc3)C(=O)NC34CC5CC(CC(C5)C3)C4)c2)cc1. The number of nitrogens with zero attached hydrogens (tertiary/aromatic N) is 1. The van der Waals surface area contributed by atoms with Gasteiger partial charge in [-0.1, -0.05) is 60.3 Å². The van der Waals surface area contributed by atoms with Crippen LogP contribution < -0.4 is 10.2 Å². The largest absolute Gasteiger partial charge is 0.481 e. The number of aliphatic carboxylic acids is 1. The Hall–Kier alpha value is -3.25. The first-order chi connectivity index (χ1) is 19.4. The minimum atomic E-state index is -0.827. The Labute approximate surface area is 241 Å². The number of hydrogen-bond donors (Lipinski definition) is 2. The molecule has 4 aliphatic carbocycles. The highest BCUT2D eigenvalue weighted by molar-refractivity contribution is 7.99. The van der Waals surface area contributed by atoms with Crippen LogP contribution in [0.4, 0.5) is 10.5 Å². The highest BCUT2D eigenvalue weighted by atomic mass is 32.2. The Morgan fingerprint density at radius 2 is 1.50 bits per heavy atom. The maximum absolute atomic E-state index is 14.0. The quantitative estimate of drug-likeness (QED) is 0.271. The summed E-state index contributed by atoms with van der Waals surface area (Å²) in [5.41, 5.74) is 2.96. The highest BCUT2D eigenvalue weighted by Gasteiger charge is 2.51. The lowest BCUT2D eigenvalue weighted by Gasteiger charge is -2.57. The Bertz CT molecular complexity index is 1310. The summed E-state index contributed by atoms with van der Waals surface area (Å²) in [6.45, 7) is 0.658. The molecule has 4 bridgehead atoms. The van der Waals surface area contributed by atoms with Crippen molar-refractivity contribution in [3.8, 4) is 0 Å². The first-order valence-electron chi connectivity index (χ1n) is 14.7. The second-order valence-electron chi connectivity index (χ2n) is 12.2. The van der Waals surface area contributed by atoms with Crippen LogP contribution in [0.3, 0.4) is 0 Å². The lowest BCUT2D eigenvalue weighted by Crippen LogP contribution is -2.62. The topological polar surface area (TPSA) is 69.6 Å². The predicted molar refractivity (Wildman–Crippen MR) is 160 cm³/mol. The minimum absolute atomic E-state index is 0.0250. The van der Waals surface area contributed by atoms with Crippen molar-refractivity contribution in [1.82, 2.24) is 5.32 Å². The van der Waals surface area contributed by atoms with Crippen LogP contribution in [0.2, 0.25) is 0 Å². The summed E-state index contributed by atoms with van der Waals surface area (Å²) < 4.78 is 0. The standard InChI is InChI=1S/C34H38N2O3S/c37-32(38)19-25-11-13-30(14-12-25)40-31-10-4-9-29(20-31)36(15-5-8-24-6-2-1-3-7-24)33(39)35-34-21-26-16-27(22-34)18-28(17-26)23-34/h1-4,6-7,9-14,20,26-28H,5,8,15-19,21-23H2,(H,35,39)(H,37,38). The maximum Gasteiger partial charge on any atom is 0.322 e. The molecule has 208 valence electrons. The number of rotatable bonds is 10. The Morgan fingerprint density at radius 3 is 2.15 bits per heavy atom. The van der Waals surface area contributed by atoms with Gasteiger partial charge in [-0.3, -0.25) is 9.69 Å². The molecule has 5 nitrogen and oxygen atoms in total. The van der Waals surface area contributed by atoms with Gasteiger partial charge < -0.3 is 10.4 Å². The second-order valence-corrected chi connectivity index (χ2v) is 13.3. The van der Waals surface area contributed by atoms with Crippen LogP contribution in [0.25, 0.3) is 0 Å². The zero-order valence-electron chi connectivity index (χ0n) is 22.9. The van der Waals surface area contributed by atoms with Gasteiger partial charge in [0.25, 0.3) is 0 Å². The summed E-state index contributed by atoms with van der Waals surface area (Å²) >= 11 is 1.63. The van der Waals surface area contributed by atoms with Crippen LogP contribution in [0.15, 0.2) is 88.7 Å². The maximum atomic E-state index is 14.0. The molecule has 4 fully saturated rings. The third kappa shape index (κ3) is 6.38. The molecule has 0 heterocycles. The Kier molecular flexibility index (Phi) is 7.88. The van der Waals surface area contributed by atoms with E-state index in [2.05, 4.69) is 41.7 Å². The van der Waals surface area contributed by atoms with Gasteiger partial charge in [-0.25, -0.2) is 4.79 Å². The lowest BCUT2D eigenvalue weighted by atomic mass is 9.53. The van der Waals surface area contributed by atoms with Gasteiger partial charge in [0.05, 0.1) is 6.42 Å². The molecule has 0 radical (unpaired) electrons. The predicted octanol–water partition coefficient (Wildman–Crippen LogP) is 7.58. The van der Waals surface area contributed by atoms with Gasteiger partial charge in [-0.2, -0.15) is 0 Å². The normalized spacial score (nSPS) is 24.6. The van der Waals surface area contributed by atoms with E-state index in [-0.39, 0.29) is 18.0 Å². The van der Waals surface area contributed by atoms with Crippen LogP contribution in [0, 0.1) is 17.8 Å². The molecule has 2 N–H and O–H groups in total. The van der Waals surface area contributed by atoms with Gasteiger partial charge in [-0.15, -0.1) is 0 Å². The fourth-order valence-corrected chi connectivity index (χ4v) is 8.56. The number of anilines is 1. The van der Waals surface area contributed by atoms with Crippen LogP contribution in [0.5, 0.6) is 0 Å². The van der Waals surface area contributed by atoms with E-state index in [1.165, 1.54) is 24.8 Å². The summed E-state index contributed by atoms with van der Waals surface area (Å²) in [6.07, 6.45) is 9.31. The molecule has 7 rings (SSSR count). The summed E-state index contributed by atoms with van der Waals surface area (Å²) in [7, 11) is 0. The molecule has 0 spiro atoms. The van der Waals surface area contributed by atoms with Crippen molar-refractivity contribution in [2.45, 2.75) is 73.1 Å². The molecule has 2 amide bonds. The van der Waals surface area contributed by atoms with Crippen LogP contribution in [-0.2, 0) is 17.6 Å². The Balaban J connectivity index is 1.19. The van der Waals surface area contributed by atoms with Crippen LogP contribution >= 0.6 is 11.8 Å². The number of urea groups is 1. The molecule has 0 atom stereocenters. The van der Waals surface area contributed by atoms with E-state index in [1.54, 1.807) is 11.8 Å². The number of carboxylic acid groups (broad SMARTS) is 1. The van der Waals surface area contributed by atoms with Crippen LogP contribution in [-0.4, -0.2) is 29.2 Å². The smallest absolute Gasteiger partial charge is 0.322 e. The van der Waals surface area contributed by atoms with Crippen molar-refractivity contribution < 1.29 is 14.7 Å². The van der Waals surface area contributed by atoms with Crippen molar-refractivity contribution in [3.05, 3.63) is 90.0 Å². The molecular formula is C34H38N2O3S. The fraction of sp³-hybridized carbons (Fsp3) is 0.412. The molecule has 3 aromatic rings.